The minimum Gasteiger partial charge on any atom is -0.465 e. The molecule has 0 unspecified atom stereocenters. The van der Waals surface area contributed by atoms with Crippen molar-refractivity contribution in [2.45, 2.75) is 45.7 Å². The van der Waals surface area contributed by atoms with Gasteiger partial charge in [-0.15, -0.1) is 0 Å². The number of H-pyrrole nitrogens is 1. The molecule has 0 spiro atoms. The maximum absolute atomic E-state index is 11.3. The average Bonchev–Trinajstić information content (AvgIpc) is 3.04. The van der Waals surface area contributed by atoms with E-state index < -0.39 is 0 Å². The second-order valence-corrected chi connectivity index (χ2v) is 6.58. The van der Waals surface area contributed by atoms with Crippen LogP contribution in [0, 0.1) is 0 Å². The molecule has 0 radical (unpaired) electrons. The van der Waals surface area contributed by atoms with Crippen LogP contribution in [0.2, 0.25) is 0 Å². The number of hydrogen-bond donors (Lipinski definition) is 2. The molecule has 1 aliphatic rings. The predicted molar refractivity (Wildman–Crippen MR) is 97.6 cm³/mol. The summed E-state index contributed by atoms with van der Waals surface area (Å²) >= 11 is 0. The molecule has 2 heterocycles. The van der Waals surface area contributed by atoms with Crippen molar-refractivity contribution >= 4 is 11.9 Å². The first-order valence-electron chi connectivity index (χ1n) is 9.09. The number of hydrogen-bond acceptors (Lipinski definition) is 7. The van der Waals surface area contributed by atoms with Crippen LogP contribution in [0.25, 0.3) is 0 Å². The molecule has 0 fully saturated rings. The lowest BCUT2D eigenvalue weighted by Crippen LogP contribution is -2.20. The summed E-state index contributed by atoms with van der Waals surface area (Å²) in [7, 11) is 2.07. The largest absolute Gasteiger partial charge is 0.465 e. The van der Waals surface area contributed by atoms with Crippen molar-refractivity contribution < 1.29 is 9.53 Å². The molecule has 0 saturated heterocycles. The van der Waals surface area contributed by atoms with Crippen LogP contribution in [0.1, 0.15) is 42.3 Å². The van der Waals surface area contributed by atoms with Gasteiger partial charge in [0, 0.05) is 36.7 Å². The molecule has 26 heavy (non-hydrogen) atoms. The molecule has 0 atom stereocenters. The molecule has 2 aromatic rings. The zero-order chi connectivity index (χ0) is 18.4. The molecule has 2 N–H and O–H groups in total. The van der Waals surface area contributed by atoms with E-state index in [1.807, 2.05) is 0 Å². The lowest BCUT2D eigenvalue weighted by atomic mass is 9.96. The molecule has 0 saturated carbocycles. The van der Waals surface area contributed by atoms with E-state index in [1.54, 1.807) is 19.3 Å². The Hall–Kier alpha value is -2.48. The molecule has 140 valence electrons. The Labute approximate surface area is 153 Å². The number of carbonyl (C=O) groups is 1. The van der Waals surface area contributed by atoms with E-state index in [4.69, 9.17) is 4.74 Å². The topological polar surface area (TPSA) is 96.0 Å². The summed E-state index contributed by atoms with van der Waals surface area (Å²) in [6, 6.07) is 0. The third-order valence-electron chi connectivity index (χ3n) is 4.42. The van der Waals surface area contributed by atoms with Crippen LogP contribution in [0.4, 0.5) is 5.95 Å². The predicted octanol–water partition coefficient (Wildman–Crippen LogP) is 1.69. The van der Waals surface area contributed by atoms with Crippen LogP contribution in [-0.4, -0.2) is 51.2 Å². The molecule has 8 nitrogen and oxygen atoms in total. The number of nitrogens with zero attached hydrogens (tertiary/aromatic N) is 4. The number of anilines is 1. The third kappa shape index (κ3) is 4.78. The first-order chi connectivity index (χ1) is 12.7. The number of rotatable bonds is 8. The van der Waals surface area contributed by atoms with Crippen molar-refractivity contribution in [2.75, 3.05) is 25.5 Å². The van der Waals surface area contributed by atoms with Gasteiger partial charge in [-0.3, -0.25) is 14.8 Å². The summed E-state index contributed by atoms with van der Waals surface area (Å²) in [4.78, 5) is 22.0. The van der Waals surface area contributed by atoms with Gasteiger partial charge in [0.1, 0.15) is 6.54 Å². The van der Waals surface area contributed by atoms with Crippen LogP contribution < -0.4 is 5.32 Å². The monoisotopic (exact) mass is 358 g/mol. The maximum atomic E-state index is 11.3. The number of aryl methyl sites for hydroxylation is 1. The van der Waals surface area contributed by atoms with E-state index in [9.17, 15) is 4.79 Å². The van der Waals surface area contributed by atoms with Crippen molar-refractivity contribution in [2.24, 2.45) is 0 Å². The van der Waals surface area contributed by atoms with E-state index in [-0.39, 0.29) is 12.5 Å². The minimum absolute atomic E-state index is 0.0668. The SMILES string of the molecule is CCOC(=O)CNc1ncc(CN(C)Cc2n[nH]c3c2CCCC3)cn1. The Morgan fingerprint density at radius 2 is 2.04 bits per heavy atom. The summed E-state index contributed by atoms with van der Waals surface area (Å²) in [5.41, 5.74) is 4.87. The van der Waals surface area contributed by atoms with Crippen LogP contribution in [0.5, 0.6) is 0 Å². The molecule has 3 rings (SSSR count). The Balaban J connectivity index is 1.50. The van der Waals surface area contributed by atoms with E-state index in [1.165, 1.54) is 24.1 Å². The van der Waals surface area contributed by atoms with Crippen molar-refractivity contribution in [3.8, 4) is 0 Å². The number of ether oxygens (including phenoxy) is 1. The Kier molecular flexibility index (Phi) is 6.17. The van der Waals surface area contributed by atoms with Gasteiger partial charge in [-0.1, -0.05) is 0 Å². The van der Waals surface area contributed by atoms with Crippen molar-refractivity contribution in [3.05, 3.63) is 34.9 Å². The van der Waals surface area contributed by atoms with Gasteiger partial charge >= 0.3 is 5.97 Å². The minimum atomic E-state index is -0.317. The van der Waals surface area contributed by atoms with Crippen LogP contribution in [0.3, 0.4) is 0 Å². The van der Waals surface area contributed by atoms with Gasteiger partial charge in [0.15, 0.2) is 0 Å². The smallest absolute Gasteiger partial charge is 0.325 e. The van der Waals surface area contributed by atoms with Gasteiger partial charge in [0.25, 0.3) is 0 Å². The number of nitrogens with one attached hydrogen (secondary N) is 2. The van der Waals surface area contributed by atoms with Gasteiger partial charge in [0.05, 0.1) is 12.3 Å². The second-order valence-electron chi connectivity index (χ2n) is 6.58. The van der Waals surface area contributed by atoms with Gasteiger partial charge in [-0.05, 0) is 45.2 Å². The quantitative estimate of drug-likeness (QED) is 0.693. The standard InChI is InChI=1S/C18H26N6O2/c1-3-26-17(25)10-21-18-19-8-13(9-20-18)11-24(2)12-16-14-6-4-5-7-15(14)22-23-16/h8-9H,3-7,10-12H2,1-2H3,(H,22,23)(H,19,20,21). The molecule has 0 amide bonds. The normalized spacial score (nSPS) is 13.5. The molecule has 8 heteroatoms. The van der Waals surface area contributed by atoms with Gasteiger partial charge < -0.3 is 10.1 Å². The number of esters is 1. The third-order valence-corrected chi connectivity index (χ3v) is 4.42. The highest BCUT2D eigenvalue weighted by Crippen LogP contribution is 2.23. The number of carbonyl (C=O) groups excluding carboxylic acids is 1. The maximum Gasteiger partial charge on any atom is 0.325 e. The Morgan fingerprint density at radius 1 is 1.27 bits per heavy atom. The van der Waals surface area contributed by atoms with Gasteiger partial charge in [-0.25, -0.2) is 9.97 Å². The Morgan fingerprint density at radius 3 is 2.81 bits per heavy atom. The lowest BCUT2D eigenvalue weighted by molar-refractivity contribution is -0.140. The summed E-state index contributed by atoms with van der Waals surface area (Å²) in [5, 5.41) is 10.5. The van der Waals surface area contributed by atoms with Crippen LogP contribution in [0.15, 0.2) is 12.4 Å². The van der Waals surface area contributed by atoms with E-state index in [2.05, 4.69) is 37.4 Å². The molecule has 0 aromatic carbocycles. The Bertz CT molecular complexity index is 728. The highest BCUT2D eigenvalue weighted by molar-refractivity contribution is 5.74. The van der Waals surface area contributed by atoms with Crippen molar-refractivity contribution in [1.29, 1.82) is 0 Å². The van der Waals surface area contributed by atoms with Gasteiger partial charge in [0.2, 0.25) is 5.95 Å². The zero-order valence-corrected chi connectivity index (χ0v) is 15.4. The number of fused-ring (bicyclic) bond motifs is 1. The molecule has 0 bridgehead atoms. The highest BCUT2D eigenvalue weighted by atomic mass is 16.5. The summed E-state index contributed by atoms with van der Waals surface area (Å²) in [5.74, 6) is 0.105. The zero-order valence-electron chi connectivity index (χ0n) is 15.4. The highest BCUT2D eigenvalue weighted by Gasteiger charge is 2.17. The second kappa shape index (κ2) is 8.75. The fourth-order valence-corrected chi connectivity index (χ4v) is 3.19. The molecule has 1 aliphatic carbocycles. The van der Waals surface area contributed by atoms with E-state index >= 15 is 0 Å². The first-order valence-corrected chi connectivity index (χ1v) is 9.09. The molecule has 0 aliphatic heterocycles. The summed E-state index contributed by atoms with van der Waals surface area (Å²) in [6.07, 6.45) is 8.28. The van der Waals surface area contributed by atoms with E-state index in [0.29, 0.717) is 12.6 Å². The number of aromatic amines is 1. The lowest BCUT2D eigenvalue weighted by Gasteiger charge is -2.17. The van der Waals surface area contributed by atoms with Crippen LogP contribution >= 0.6 is 0 Å². The summed E-state index contributed by atoms with van der Waals surface area (Å²) in [6.45, 7) is 3.75. The average molecular weight is 358 g/mol. The molecular formula is C18H26N6O2. The van der Waals surface area contributed by atoms with Crippen molar-refractivity contribution in [3.63, 3.8) is 0 Å². The van der Waals surface area contributed by atoms with Gasteiger partial charge in [-0.2, -0.15) is 5.10 Å². The fourth-order valence-electron chi connectivity index (χ4n) is 3.19. The van der Waals surface area contributed by atoms with Crippen molar-refractivity contribution in [1.82, 2.24) is 25.1 Å². The molecule has 2 aromatic heterocycles. The fraction of sp³-hybridized carbons (Fsp3) is 0.556. The first kappa shape index (κ1) is 18.3. The molecular weight excluding hydrogens is 332 g/mol. The van der Waals surface area contributed by atoms with Crippen LogP contribution in [-0.2, 0) is 35.5 Å². The van der Waals surface area contributed by atoms with E-state index in [0.717, 1.165) is 37.2 Å². The number of aromatic nitrogens is 4. The summed E-state index contributed by atoms with van der Waals surface area (Å²) < 4.78 is 4.86.